The largest absolute Gasteiger partial charge is 0.444 e. The average Bonchev–Trinajstić information content (AvgIpc) is 3.22. The number of hydrogen-bond acceptors (Lipinski definition) is 4. The van der Waals surface area contributed by atoms with Crippen molar-refractivity contribution in [1.29, 1.82) is 0 Å². The number of thiophene rings is 1. The van der Waals surface area contributed by atoms with Gasteiger partial charge in [-0.05, 0) is 77.2 Å². The van der Waals surface area contributed by atoms with E-state index in [4.69, 9.17) is 4.74 Å². The highest BCUT2D eigenvalue weighted by Crippen LogP contribution is 2.37. The van der Waals surface area contributed by atoms with Crippen molar-refractivity contribution in [3.8, 4) is 0 Å². The molecule has 0 radical (unpaired) electrons. The minimum Gasteiger partial charge on any atom is -0.444 e. The quantitative estimate of drug-likeness (QED) is 0.606. The Bertz CT molecular complexity index is 759. The number of likely N-dealkylation sites (tertiary alicyclic amines) is 2. The van der Waals surface area contributed by atoms with Crippen LogP contribution in [-0.2, 0) is 4.74 Å². The van der Waals surface area contributed by atoms with Gasteiger partial charge in [-0.25, -0.2) is 4.79 Å². The minimum absolute atomic E-state index is 0.213. The number of hydrogen-bond donors (Lipinski definition) is 0. The van der Waals surface area contributed by atoms with Gasteiger partial charge < -0.3 is 14.5 Å². The lowest BCUT2D eigenvalue weighted by atomic mass is 9.78. The van der Waals surface area contributed by atoms with E-state index in [1.54, 1.807) is 11.3 Å². The molecule has 0 spiro atoms. The van der Waals surface area contributed by atoms with Gasteiger partial charge in [-0.15, -0.1) is 11.3 Å². The molecular weight excluding hydrogens is 396 g/mol. The number of carbonyl (C=O) groups is 2. The number of ether oxygens (including phenoxy) is 1. The van der Waals surface area contributed by atoms with Gasteiger partial charge in [-0.2, -0.15) is 0 Å². The highest BCUT2D eigenvalue weighted by atomic mass is 32.1. The van der Waals surface area contributed by atoms with Crippen LogP contribution < -0.4 is 0 Å². The fraction of sp³-hybridized carbons (Fsp3) is 0.750. The Morgan fingerprint density at radius 3 is 2.43 bits per heavy atom. The van der Waals surface area contributed by atoms with Crippen molar-refractivity contribution in [1.82, 2.24) is 9.80 Å². The summed E-state index contributed by atoms with van der Waals surface area (Å²) in [6.07, 6.45) is 9.14. The Labute approximate surface area is 184 Å². The molecule has 3 fully saturated rings. The molecule has 5 nitrogen and oxygen atoms in total. The molecule has 0 aromatic carbocycles. The second-order valence-electron chi connectivity index (χ2n) is 10.2. The summed E-state index contributed by atoms with van der Waals surface area (Å²) in [5.74, 6) is 1.38. The van der Waals surface area contributed by atoms with Crippen LogP contribution in [0.4, 0.5) is 4.79 Å². The summed E-state index contributed by atoms with van der Waals surface area (Å²) >= 11 is 1.72. The van der Waals surface area contributed by atoms with Crippen molar-refractivity contribution in [2.45, 2.75) is 89.7 Å². The number of rotatable bonds is 2. The second kappa shape index (κ2) is 8.89. The van der Waals surface area contributed by atoms with E-state index in [1.165, 1.54) is 37.0 Å². The lowest BCUT2D eigenvalue weighted by Crippen LogP contribution is -2.49. The van der Waals surface area contributed by atoms with Crippen molar-refractivity contribution in [3.63, 3.8) is 0 Å². The molecule has 2 saturated heterocycles. The van der Waals surface area contributed by atoms with Crippen LogP contribution in [0.25, 0.3) is 0 Å². The molecule has 30 heavy (non-hydrogen) atoms. The van der Waals surface area contributed by atoms with Gasteiger partial charge in [0.2, 0.25) is 0 Å². The maximum absolute atomic E-state index is 13.3. The standard InChI is InChI=1S/C24H36N2O3S/c1-24(2,3)29-23(28)25-13-10-18(11-14-25)21-15-19(16-30-21)22(27)26-12-6-8-17-7-4-5-9-20(17)26/h15-18,20H,4-14H2,1-3H3/t17-,20+/m1/s1. The van der Waals surface area contributed by atoms with E-state index in [0.29, 0.717) is 17.9 Å². The van der Waals surface area contributed by atoms with E-state index >= 15 is 0 Å². The summed E-state index contributed by atoms with van der Waals surface area (Å²) in [6, 6.07) is 2.59. The Morgan fingerprint density at radius 1 is 1.00 bits per heavy atom. The zero-order valence-corrected chi connectivity index (χ0v) is 19.5. The second-order valence-corrected chi connectivity index (χ2v) is 11.2. The summed E-state index contributed by atoms with van der Waals surface area (Å²) < 4.78 is 5.50. The number of piperidine rings is 2. The fourth-order valence-electron chi connectivity index (χ4n) is 5.39. The predicted octanol–water partition coefficient (Wildman–Crippen LogP) is 5.66. The van der Waals surface area contributed by atoms with Crippen LogP contribution in [0.3, 0.4) is 0 Å². The molecule has 2 aliphatic heterocycles. The van der Waals surface area contributed by atoms with Gasteiger partial charge in [0.05, 0.1) is 5.56 Å². The van der Waals surface area contributed by atoms with Gasteiger partial charge in [0, 0.05) is 35.9 Å². The molecule has 1 saturated carbocycles. The molecule has 1 aromatic heterocycles. The van der Waals surface area contributed by atoms with Gasteiger partial charge in [0.25, 0.3) is 5.91 Å². The van der Waals surface area contributed by atoms with Gasteiger partial charge in [0.15, 0.2) is 0 Å². The summed E-state index contributed by atoms with van der Waals surface area (Å²) in [5.41, 5.74) is 0.415. The molecule has 2 amide bonds. The molecule has 0 unspecified atom stereocenters. The van der Waals surface area contributed by atoms with E-state index in [9.17, 15) is 9.59 Å². The Balaban J connectivity index is 1.35. The van der Waals surface area contributed by atoms with Gasteiger partial charge in [-0.1, -0.05) is 12.8 Å². The van der Waals surface area contributed by atoms with Crippen LogP contribution in [-0.4, -0.2) is 53.1 Å². The smallest absolute Gasteiger partial charge is 0.410 e. The van der Waals surface area contributed by atoms with E-state index in [0.717, 1.165) is 44.5 Å². The van der Waals surface area contributed by atoms with Gasteiger partial charge >= 0.3 is 6.09 Å². The average molecular weight is 433 g/mol. The van der Waals surface area contributed by atoms with E-state index < -0.39 is 5.60 Å². The maximum atomic E-state index is 13.3. The monoisotopic (exact) mass is 432 g/mol. The molecule has 3 aliphatic rings. The van der Waals surface area contributed by atoms with Crippen LogP contribution in [0.1, 0.15) is 93.3 Å². The highest BCUT2D eigenvalue weighted by molar-refractivity contribution is 7.10. The number of amides is 2. The maximum Gasteiger partial charge on any atom is 0.410 e. The molecule has 4 rings (SSSR count). The number of fused-ring (bicyclic) bond motifs is 1. The Hall–Kier alpha value is -1.56. The van der Waals surface area contributed by atoms with Crippen molar-refractivity contribution in [2.75, 3.05) is 19.6 Å². The zero-order valence-electron chi connectivity index (χ0n) is 18.7. The lowest BCUT2D eigenvalue weighted by Gasteiger charge is -2.44. The van der Waals surface area contributed by atoms with Crippen molar-refractivity contribution >= 4 is 23.3 Å². The Kier molecular flexibility index (Phi) is 6.42. The summed E-state index contributed by atoms with van der Waals surface area (Å²) in [7, 11) is 0. The van der Waals surface area contributed by atoms with E-state index in [-0.39, 0.29) is 12.0 Å². The van der Waals surface area contributed by atoms with Gasteiger partial charge in [0.1, 0.15) is 5.60 Å². The normalized spacial score (nSPS) is 25.7. The topological polar surface area (TPSA) is 49.9 Å². The van der Waals surface area contributed by atoms with Crippen LogP contribution in [0.2, 0.25) is 0 Å². The molecule has 0 bridgehead atoms. The molecule has 166 valence electrons. The first-order valence-electron chi connectivity index (χ1n) is 11.7. The summed E-state index contributed by atoms with van der Waals surface area (Å²) in [4.78, 5) is 30.9. The lowest BCUT2D eigenvalue weighted by molar-refractivity contribution is 0.0205. The summed E-state index contributed by atoms with van der Waals surface area (Å²) in [6.45, 7) is 8.06. The molecule has 1 aliphatic carbocycles. The third-order valence-electron chi connectivity index (χ3n) is 6.92. The van der Waals surface area contributed by atoms with Crippen molar-refractivity contribution in [3.05, 3.63) is 21.9 Å². The van der Waals surface area contributed by atoms with Crippen LogP contribution in [0.15, 0.2) is 11.4 Å². The first-order chi connectivity index (χ1) is 14.3. The highest BCUT2D eigenvalue weighted by Gasteiger charge is 2.36. The summed E-state index contributed by atoms with van der Waals surface area (Å²) in [5, 5.41) is 2.06. The van der Waals surface area contributed by atoms with Gasteiger partial charge in [-0.3, -0.25) is 4.79 Å². The molecule has 0 N–H and O–H groups in total. The number of nitrogens with zero attached hydrogens (tertiary/aromatic N) is 2. The zero-order chi connectivity index (χ0) is 21.3. The van der Waals surface area contributed by atoms with E-state index in [2.05, 4.69) is 16.3 Å². The van der Waals surface area contributed by atoms with Crippen LogP contribution in [0.5, 0.6) is 0 Å². The van der Waals surface area contributed by atoms with E-state index in [1.807, 2.05) is 25.7 Å². The van der Waals surface area contributed by atoms with Crippen molar-refractivity contribution < 1.29 is 14.3 Å². The van der Waals surface area contributed by atoms with Crippen LogP contribution >= 0.6 is 11.3 Å². The first-order valence-corrected chi connectivity index (χ1v) is 12.6. The minimum atomic E-state index is -0.456. The number of carbonyl (C=O) groups excluding carboxylic acids is 2. The molecule has 6 heteroatoms. The molecule has 3 heterocycles. The Morgan fingerprint density at radius 2 is 1.70 bits per heavy atom. The van der Waals surface area contributed by atoms with Crippen LogP contribution in [0, 0.1) is 5.92 Å². The molecule has 1 aromatic rings. The SMILES string of the molecule is CC(C)(C)OC(=O)N1CCC(c2cc(C(=O)N3CCC[C@H]4CCCC[C@@H]43)cs2)CC1. The fourth-order valence-corrected chi connectivity index (χ4v) is 6.45. The van der Waals surface area contributed by atoms with Crippen molar-refractivity contribution in [2.24, 2.45) is 5.92 Å². The molecular formula is C24H36N2O3S. The predicted molar refractivity (Wildman–Crippen MR) is 120 cm³/mol. The first kappa shape index (κ1) is 21.7. The third-order valence-corrected chi connectivity index (χ3v) is 8.01. The third kappa shape index (κ3) is 4.84. The molecule has 2 atom stereocenters.